The molecule has 0 bridgehead atoms. The van der Waals surface area contributed by atoms with Crippen LogP contribution in [0.25, 0.3) is 0 Å². The van der Waals surface area contributed by atoms with Gasteiger partial charge in [-0.05, 0) is 37.0 Å². The molecule has 2 amide bonds. The average Bonchev–Trinajstić information content (AvgIpc) is 2.55. The highest BCUT2D eigenvalue weighted by molar-refractivity contribution is 5.88. The van der Waals surface area contributed by atoms with Gasteiger partial charge in [-0.3, -0.25) is 10.1 Å². The van der Waals surface area contributed by atoms with Gasteiger partial charge in [0.15, 0.2) is 0 Å². The summed E-state index contributed by atoms with van der Waals surface area (Å²) in [5.74, 6) is -0.426. The highest BCUT2D eigenvalue weighted by Gasteiger charge is 2.15. The molecule has 0 saturated heterocycles. The van der Waals surface area contributed by atoms with Crippen LogP contribution in [0.4, 0.5) is 10.6 Å². The van der Waals surface area contributed by atoms with E-state index < -0.39 is 12.0 Å². The number of amides is 2. The van der Waals surface area contributed by atoms with E-state index >= 15 is 0 Å². The molecule has 1 atom stereocenters. The van der Waals surface area contributed by atoms with Gasteiger partial charge in [0.2, 0.25) is 0 Å². The molecule has 0 aliphatic carbocycles. The standard InChI is InChI=1S/C18H21N3O3/c1-13-7-9-16(19-12-13)21-18(24)20-15(8-10-17(22)23)11-14-5-3-2-4-6-14/h2-7,9,12,15H,8,10-11H2,1H3,(H,22,23)(H2,19,20,21,24). The fraction of sp³-hybridized carbons (Fsp3) is 0.278. The van der Waals surface area contributed by atoms with E-state index in [1.807, 2.05) is 43.3 Å². The normalized spacial score (nSPS) is 11.5. The van der Waals surface area contributed by atoms with Crippen molar-refractivity contribution in [1.82, 2.24) is 10.3 Å². The summed E-state index contributed by atoms with van der Waals surface area (Å²) in [5, 5.41) is 14.4. The zero-order chi connectivity index (χ0) is 17.4. The second kappa shape index (κ2) is 8.67. The fourth-order valence-corrected chi connectivity index (χ4v) is 2.30. The summed E-state index contributed by atoms with van der Waals surface area (Å²) in [7, 11) is 0. The number of pyridine rings is 1. The highest BCUT2D eigenvalue weighted by atomic mass is 16.4. The van der Waals surface area contributed by atoms with Gasteiger partial charge in [0.25, 0.3) is 0 Å². The first-order valence-corrected chi connectivity index (χ1v) is 7.79. The summed E-state index contributed by atoms with van der Waals surface area (Å²) >= 11 is 0. The van der Waals surface area contributed by atoms with Crippen LogP contribution in [0.1, 0.15) is 24.0 Å². The summed E-state index contributed by atoms with van der Waals surface area (Å²) in [6, 6.07) is 12.6. The van der Waals surface area contributed by atoms with Crippen molar-refractivity contribution in [2.45, 2.75) is 32.2 Å². The summed E-state index contributed by atoms with van der Waals surface area (Å²) in [4.78, 5) is 27.1. The molecule has 2 aromatic rings. The summed E-state index contributed by atoms with van der Waals surface area (Å²) in [6.07, 6.45) is 2.60. The lowest BCUT2D eigenvalue weighted by Gasteiger charge is -2.18. The Balaban J connectivity index is 1.96. The van der Waals surface area contributed by atoms with Gasteiger partial charge in [-0.25, -0.2) is 9.78 Å². The van der Waals surface area contributed by atoms with Crippen molar-refractivity contribution in [2.75, 3.05) is 5.32 Å². The van der Waals surface area contributed by atoms with Crippen LogP contribution in [-0.4, -0.2) is 28.1 Å². The van der Waals surface area contributed by atoms with Gasteiger partial charge in [-0.2, -0.15) is 0 Å². The van der Waals surface area contributed by atoms with Crippen LogP contribution in [0.5, 0.6) is 0 Å². The third kappa shape index (κ3) is 6.08. The predicted octanol–water partition coefficient (Wildman–Crippen LogP) is 2.99. The van der Waals surface area contributed by atoms with Gasteiger partial charge in [0, 0.05) is 18.7 Å². The quantitative estimate of drug-likeness (QED) is 0.729. The Morgan fingerprint density at radius 2 is 1.92 bits per heavy atom. The lowest BCUT2D eigenvalue weighted by Crippen LogP contribution is -2.39. The molecule has 0 fully saturated rings. The second-order valence-electron chi connectivity index (χ2n) is 5.64. The number of hydrogen-bond acceptors (Lipinski definition) is 3. The zero-order valence-electron chi connectivity index (χ0n) is 13.5. The van der Waals surface area contributed by atoms with Crippen LogP contribution >= 0.6 is 0 Å². The maximum Gasteiger partial charge on any atom is 0.320 e. The number of aryl methyl sites for hydroxylation is 1. The molecule has 0 spiro atoms. The van der Waals surface area contributed by atoms with Gasteiger partial charge >= 0.3 is 12.0 Å². The average molecular weight is 327 g/mol. The number of rotatable bonds is 7. The van der Waals surface area contributed by atoms with Crippen molar-refractivity contribution < 1.29 is 14.7 Å². The first-order chi connectivity index (χ1) is 11.5. The van der Waals surface area contributed by atoms with Crippen molar-refractivity contribution in [2.24, 2.45) is 0 Å². The topological polar surface area (TPSA) is 91.3 Å². The molecule has 1 heterocycles. The number of aromatic nitrogens is 1. The number of urea groups is 1. The second-order valence-corrected chi connectivity index (χ2v) is 5.64. The molecule has 6 nitrogen and oxygen atoms in total. The number of nitrogens with zero attached hydrogens (tertiary/aromatic N) is 1. The van der Waals surface area contributed by atoms with Gasteiger partial charge in [0.1, 0.15) is 5.82 Å². The predicted molar refractivity (Wildman–Crippen MR) is 91.9 cm³/mol. The third-order valence-electron chi connectivity index (χ3n) is 3.52. The lowest BCUT2D eigenvalue weighted by atomic mass is 10.0. The number of anilines is 1. The van der Waals surface area contributed by atoms with Crippen molar-refractivity contribution in [3.8, 4) is 0 Å². The Kier molecular flexibility index (Phi) is 6.31. The molecular formula is C18H21N3O3. The molecule has 126 valence electrons. The number of carboxylic acid groups (broad SMARTS) is 1. The minimum atomic E-state index is -0.879. The fourth-order valence-electron chi connectivity index (χ4n) is 2.30. The molecule has 1 aromatic carbocycles. The Morgan fingerprint density at radius 3 is 2.54 bits per heavy atom. The Labute approximate surface area is 140 Å². The van der Waals surface area contributed by atoms with Crippen LogP contribution in [0.2, 0.25) is 0 Å². The van der Waals surface area contributed by atoms with E-state index in [-0.39, 0.29) is 12.5 Å². The van der Waals surface area contributed by atoms with Gasteiger partial charge in [-0.1, -0.05) is 36.4 Å². The van der Waals surface area contributed by atoms with E-state index in [1.54, 1.807) is 12.3 Å². The Hall–Kier alpha value is -2.89. The van der Waals surface area contributed by atoms with E-state index in [2.05, 4.69) is 15.6 Å². The number of carbonyl (C=O) groups is 2. The van der Waals surface area contributed by atoms with E-state index in [0.717, 1.165) is 11.1 Å². The molecule has 0 aliphatic heterocycles. The summed E-state index contributed by atoms with van der Waals surface area (Å²) < 4.78 is 0. The van der Waals surface area contributed by atoms with E-state index in [4.69, 9.17) is 5.11 Å². The molecule has 0 aliphatic rings. The van der Waals surface area contributed by atoms with Crippen molar-refractivity contribution in [3.05, 3.63) is 59.8 Å². The summed E-state index contributed by atoms with van der Waals surface area (Å²) in [5.41, 5.74) is 2.05. The number of hydrogen-bond donors (Lipinski definition) is 3. The number of nitrogens with one attached hydrogen (secondary N) is 2. The Bertz CT molecular complexity index is 672. The molecule has 6 heteroatoms. The number of carboxylic acids is 1. The molecular weight excluding hydrogens is 306 g/mol. The van der Waals surface area contributed by atoms with Crippen LogP contribution < -0.4 is 10.6 Å². The van der Waals surface area contributed by atoms with Crippen molar-refractivity contribution in [3.63, 3.8) is 0 Å². The van der Waals surface area contributed by atoms with Gasteiger partial charge < -0.3 is 10.4 Å². The smallest absolute Gasteiger partial charge is 0.320 e. The van der Waals surface area contributed by atoms with Crippen LogP contribution in [0.15, 0.2) is 48.7 Å². The first-order valence-electron chi connectivity index (χ1n) is 7.79. The molecule has 0 radical (unpaired) electrons. The van der Waals surface area contributed by atoms with E-state index in [9.17, 15) is 9.59 Å². The molecule has 24 heavy (non-hydrogen) atoms. The van der Waals surface area contributed by atoms with E-state index in [0.29, 0.717) is 18.7 Å². The maximum absolute atomic E-state index is 12.1. The largest absolute Gasteiger partial charge is 0.481 e. The monoisotopic (exact) mass is 327 g/mol. The molecule has 3 N–H and O–H groups in total. The van der Waals surface area contributed by atoms with Crippen molar-refractivity contribution >= 4 is 17.8 Å². The van der Waals surface area contributed by atoms with Gasteiger partial charge in [-0.15, -0.1) is 0 Å². The lowest BCUT2D eigenvalue weighted by molar-refractivity contribution is -0.137. The number of benzene rings is 1. The molecule has 1 unspecified atom stereocenters. The molecule has 2 rings (SSSR count). The van der Waals surface area contributed by atoms with Gasteiger partial charge in [0.05, 0.1) is 0 Å². The number of aliphatic carboxylic acids is 1. The molecule has 1 aromatic heterocycles. The van der Waals surface area contributed by atoms with Crippen LogP contribution in [0, 0.1) is 6.92 Å². The third-order valence-corrected chi connectivity index (χ3v) is 3.52. The Morgan fingerprint density at radius 1 is 1.17 bits per heavy atom. The van der Waals surface area contributed by atoms with Crippen LogP contribution in [0.3, 0.4) is 0 Å². The minimum absolute atomic E-state index is 0.000557. The zero-order valence-corrected chi connectivity index (χ0v) is 13.5. The summed E-state index contributed by atoms with van der Waals surface area (Å²) in [6.45, 7) is 1.92. The molecule has 0 saturated carbocycles. The maximum atomic E-state index is 12.1. The highest BCUT2D eigenvalue weighted by Crippen LogP contribution is 2.09. The van der Waals surface area contributed by atoms with Crippen molar-refractivity contribution in [1.29, 1.82) is 0 Å². The SMILES string of the molecule is Cc1ccc(NC(=O)NC(CCC(=O)O)Cc2ccccc2)nc1. The minimum Gasteiger partial charge on any atom is -0.481 e. The van der Waals surface area contributed by atoms with Crippen LogP contribution in [-0.2, 0) is 11.2 Å². The number of carbonyl (C=O) groups excluding carboxylic acids is 1. The van der Waals surface area contributed by atoms with E-state index in [1.165, 1.54) is 0 Å². The first kappa shape index (κ1) is 17.5.